The highest BCUT2D eigenvalue weighted by Gasteiger charge is 2.23. The van der Waals surface area contributed by atoms with E-state index in [4.69, 9.17) is 5.73 Å². The molecule has 0 radical (unpaired) electrons. The molecule has 1 saturated heterocycles. The Morgan fingerprint density at radius 1 is 1.40 bits per heavy atom. The van der Waals surface area contributed by atoms with E-state index in [2.05, 4.69) is 9.88 Å². The smallest absolute Gasteiger partial charge is 0.258 e. The lowest BCUT2D eigenvalue weighted by molar-refractivity contribution is 0.247. The molecule has 0 aromatic carbocycles. The van der Waals surface area contributed by atoms with Crippen LogP contribution >= 0.6 is 12.4 Å². The second-order valence-corrected chi connectivity index (χ2v) is 5.02. The van der Waals surface area contributed by atoms with Crippen LogP contribution in [0.4, 0.5) is 0 Å². The van der Waals surface area contributed by atoms with Gasteiger partial charge in [-0.1, -0.05) is 6.07 Å². The third-order valence-electron chi connectivity index (χ3n) is 3.76. The van der Waals surface area contributed by atoms with Gasteiger partial charge in [0.1, 0.15) is 5.65 Å². The van der Waals surface area contributed by atoms with E-state index in [-0.39, 0.29) is 18.0 Å². The Bertz CT molecular complexity index is 642. The van der Waals surface area contributed by atoms with Gasteiger partial charge in [0.2, 0.25) is 0 Å². The van der Waals surface area contributed by atoms with Gasteiger partial charge in [0.05, 0.1) is 5.69 Å². The van der Waals surface area contributed by atoms with Crippen molar-refractivity contribution in [1.29, 1.82) is 0 Å². The molecule has 0 bridgehead atoms. The van der Waals surface area contributed by atoms with Crippen molar-refractivity contribution in [2.75, 3.05) is 13.1 Å². The average molecular weight is 295 g/mol. The predicted octanol–water partition coefficient (Wildman–Crippen LogP) is 1.04. The number of rotatable bonds is 3. The number of halogens is 1. The third-order valence-corrected chi connectivity index (χ3v) is 3.76. The van der Waals surface area contributed by atoms with E-state index in [1.165, 1.54) is 6.42 Å². The van der Waals surface area contributed by atoms with Crippen molar-refractivity contribution in [3.63, 3.8) is 0 Å². The summed E-state index contributed by atoms with van der Waals surface area (Å²) in [5, 5.41) is 0. The molecule has 20 heavy (non-hydrogen) atoms. The SMILES string of the molecule is Cl.NCC1CCCN1Cc1cc(=O)n2ccccc2n1. The summed E-state index contributed by atoms with van der Waals surface area (Å²) in [7, 11) is 0. The Morgan fingerprint density at radius 3 is 3.05 bits per heavy atom. The molecule has 1 aliphatic rings. The van der Waals surface area contributed by atoms with Crippen molar-refractivity contribution < 1.29 is 0 Å². The predicted molar refractivity (Wildman–Crippen MR) is 81.2 cm³/mol. The summed E-state index contributed by atoms with van der Waals surface area (Å²) in [6, 6.07) is 7.63. The molecule has 2 N–H and O–H groups in total. The lowest BCUT2D eigenvalue weighted by atomic mass is 10.2. The Morgan fingerprint density at radius 2 is 2.25 bits per heavy atom. The first-order valence-electron chi connectivity index (χ1n) is 6.69. The fraction of sp³-hybridized carbons (Fsp3) is 0.429. The van der Waals surface area contributed by atoms with Crippen LogP contribution in [0.15, 0.2) is 35.3 Å². The number of nitrogens with zero attached hydrogens (tertiary/aromatic N) is 3. The van der Waals surface area contributed by atoms with Crippen LogP contribution in [0.1, 0.15) is 18.5 Å². The van der Waals surface area contributed by atoms with Crippen LogP contribution in [0.2, 0.25) is 0 Å². The van der Waals surface area contributed by atoms with Crippen LogP contribution in [0, 0.1) is 0 Å². The molecule has 0 aliphatic carbocycles. The van der Waals surface area contributed by atoms with Gasteiger partial charge in [-0.05, 0) is 31.5 Å². The van der Waals surface area contributed by atoms with Crippen LogP contribution < -0.4 is 11.3 Å². The highest BCUT2D eigenvalue weighted by molar-refractivity contribution is 5.85. The molecule has 2 aromatic heterocycles. The van der Waals surface area contributed by atoms with Gasteiger partial charge < -0.3 is 5.73 Å². The second-order valence-electron chi connectivity index (χ2n) is 5.02. The Hall–Kier alpha value is -1.43. The number of pyridine rings is 1. The van der Waals surface area contributed by atoms with Crippen LogP contribution in [0.5, 0.6) is 0 Å². The minimum atomic E-state index is -0.0240. The number of hydrogen-bond donors (Lipinski definition) is 1. The summed E-state index contributed by atoms with van der Waals surface area (Å²) in [6.07, 6.45) is 4.06. The number of nitrogens with two attached hydrogens (primary N) is 1. The molecule has 0 saturated carbocycles. The third kappa shape index (κ3) is 2.85. The minimum Gasteiger partial charge on any atom is -0.329 e. The van der Waals surface area contributed by atoms with E-state index in [9.17, 15) is 4.79 Å². The highest BCUT2D eigenvalue weighted by atomic mass is 35.5. The quantitative estimate of drug-likeness (QED) is 0.919. The van der Waals surface area contributed by atoms with Crippen molar-refractivity contribution >= 4 is 18.1 Å². The zero-order valence-corrected chi connectivity index (χ0v) is 12.1. The normalized spacial score (nSPS) is 19.1. The summed E-state index contributed by atoms with van der Waals surface area (Å²) >= 11 is 0. The fourth-order valence-corrected chi connectivity index (χ4v) is 2.76. The standard InChI is InChI=1S/C14H18N4O.ClH/c15-9-12-4-3-6-17(12)10-11-8-14(19)18-7-2-1-5-13(18)16-11;/h1-2,5,7-8,12H,3-4,6,9-10,15H2;1H. The first-order chi connectivity index (χ1) is 9.28. The van der Waals surface area contributed by atoms with Gasteiger partial charge in [0.25, 0.3) is 5.56 Å². The summed E-state index contributed by atoms with van der Waals surface area (Å²) in [5.74, 6) is 0. The molecule has 3 heterocycles. The maximum atomic E-state index is 12.0. The van der Waals surface area contributed by atoms with Crippen LogP contribution in [0.25, 0.3) is 5.65 Å². The minimum absolute atomic E-state index is 0. The van der Waals surface area contributed by atoms with Gasteiger partial charge in [-0.2, -0.15) is 0 Å². The Labute approximate surface area is 123 Å². The lowest BCUT2D eigenvalue weighted by Gasteiger charge is -2.22. The van der Waals surface area contributed by atoms with Gasteiger partial charge in [0.15, 0.2) is 0 Å². The second kappa shape index (κ2) is 6.35. The van der Waals surface area contributed by atoms with Crippen molar-refractivity contribution in [2.24, 2.45) is 5.73 Å². The molecule has 108 valence electrons. The largest absolute Gasteiger partial charge is 0.329 e. The summed E-state index contributed by atoms with van der Waals surface area (Å²) < 4.78 is 1.56. The zero-order valence-electron chi connectivity index (χ0n) is 11.2. The lowest BCUT2D eigenvalue weighted by Crippen LogP contribution is -2.35. The van der Waals surface area contributed by atoms with Crippen LogP contribution in [-0.4, -0.2) is 33.4 Å². The van der Waals surface area contributed by atoms with E-state index in [0.29, 0.717) is 24.8 Å². The van der Waals surface area contributed by atoms with E-state index in [0.717, 1.165) is 18.7 Å². The maximum absolute atomic E-state index is 12.0. The molecule has 0 amide bonds. The van der Waals surface area contributed by atoms with Gasteiger partial charge in [-0.3, -0.25) is 14.1 Å². The number of fused-ring (bicyclic) bond motifs is 1. The first-order valence-corrected chi connectivity index (χ1v) is 6.69. The number of hydrogen-bond acceptors (Lipinski definition) is 4. The highest BCUT2D eigenvalue weighted by Crippen LogP contribution is 2.18. The molecule has 1 atom stereocenters. The first kappa shape index (κ1) is 15.0. The molecule has 6 heteroatoms. The topological polar surface area (TPSA) is 63.6 Å². The van der Waals surface area contributed by atoms with Gasteiger partial charge in [0, 0.05) is 31.4 Å². The van der Waals surface area contributed by atoms with E-state index in [1.54, 1.807) is 16.7 Å². The fourth-order valence-electron chi connectivity index (χ4n) is 2.76. The molecule has 3 rings (SSSR count). The van der Waals surface area contributed by atoms with Gasteiger partial charge in [-0.25, -0.2) is 4.98 Å². The van der Waals surface area contributed by atoms with E-state index >= 15 is 0 Å². The molecule has 1 unspecified atom stereocenters. The molecular weight excluding hydrogens is 276 g/mol. The average Bonchev–Trinajstić information content (AvgIpc) is 2.86. The zero-order chi connectivity index (χ0) is 13.2. The Kier molecular flexibility index (Phi) is 4.75. The molecule has 1 fully saturated rings. The van der Waals surface area contributed by atoms with E-state index < -0.39 is 0 Å². The van der Waals surface area contributed by atoms with Crippen LogP contribution in [0.3, 0.4) is 0 Å². The van der Waals surface area contributed by atoms with Crippen molar-refractivity contribution in [1.82, 2.24) is 14.3 Å². The summed E-state index contributed by atoms with van der Waals surface area (Å²) in [5.41, 5.74) is 7.28. The van der Waals surface area contributed by atoms with Crippen molar-refractivity contribution in [3.8, 4) is 0 Å². The molecule has 2 aromatic rings. The molecular formula is C14H19ClN4O. The van der Waals surface area contributed by atoms with Crippen LogP contribution in [-0.2, 0) is 6.54 Å². The molecule has 5 nitrogen and oxygen atoms in total. The molecule has 0 spiro atoms. The maximum Gasteiger partial charge on any atom is 0.258 e. The summed E-state index contributed by atoms with van der Waals surface area (Å²) in [6.45, 7) is 2.42. The van der Waals surface area contributed by atoms with Crippen molar-refractivity contribution in [3.05, 3.63) is 46.5 Å². The number of likely N-dealkylation sites (tertiary alicyclic amines) is 1. The Balaban J connectivity index is 0.00000147. The summed E-state index contributed by atoms with van der Waals surface area (Å²) in [4.78, 5) is 18.9. The van der Waals surface area contributed by atoms with Gasteiger partial charge in [-0.15, -0.1) is 12.4 Å². The van der Waals surface area contributed by atoms with Crippen molar-refractivity contribution in [2.45, 2.75) is 25.4 Å². The van der Waals surface area contributed by atoms with Gasteiger partial charge >= 0.3 is 0 Å². The monoisotopic (exact) mass is 294 g/mol. The number of aromatic nitrogens is 2. The van der Waals surface area contributed by atoms with E-state index in [1.807, 2.05) is 18.2 Å². The molecule has 1 aliphatic heterocycles.